The molecule has 1 fully saturated rings. The Morgan fingerprint density at radius 1 is 1.00 bits per heavy atom. The SMILES string of the molecule is CC(=O)c1ccc(N2CCN(C(=O)CCCC(=O)O)CC2)cc1. The van der Waals surface area contributed by atoms with E-state index in [1.807, 2.05) is 24.3 Å². The van der Waals surface area contributed by atoms with Crippen LogP contribution in [0.15, 0.2) is 24.3 Å². The highest BCUT2D eigenvalue weighted by molar-refractivity contribution is 5.94. The van der Waals surface area contributed by atoms with Gasteiger partial charge in [-0.3, -0.25) is 14.4 Å². The number of carboxylic acid groups (broad SMARTS) is 1. The Morgan fingerprint density at radius 2 is 1.61 bits per heavy atom. The third-order valence-electron chi connectivity index (χ3n) is 4.05. The van der Waals surface area contributed by atoms with E-state index in [9.17, 15) is 14.4 Å². The maximum atomic E-state index is 12.0. The number of carbonyl (C=O) groups is 3. The van der Waals surface area contributed by atoms with Crippen LogP contribution in [-0.2, 0) is 9.59 Å². The van der Waals surface area contributed by atoms with Gasteiger partial charge in [-0.15, -0.1) is 0 Å². The second-order valence-corrected chi connectivity index (χ2v) is 5.72. The lowest BCUT2D eigenvalue weighted by atomic mass is 10.1. The van der Waals surface area contributed by atoms with E-state index in [-0.39, 0.29) is 18.1 Å². The number of hydrogen-bond donors (Lipinski definition) is 1. The van der Waals surface area contributed by atoms with Crippen LogP contribution in [0.25, 0.3) is 0 Å². The molecule has 1 aromatic rings. The van der Waals surface area contributed by atoms with Crippen LogP contribution in [0, 0.1) is 0 Å². The molecule has 0 bridgehead atoms. The van der Waals surface area contributed by atoms with E-state index in [1.165, 1.54) is 0 Å². The quantitative estimate of drug-likeness (QED) is 0.809. The fourth-order valence-corrected chi connectivity index (χ4v) is 2.67. The van der Waals surface area contributed by atoms with E-state index in [0.717, 1.165) is 18.8 Å². The largest absolute Gasteiger partial charge is 0.481 e. The van der Waals surface area contributed by atoms with E-state index in [1.54, 1.807) is 11.8 Å². The molecule has 2 rings (SSSR count). The molecule has 6 nitrogen and oxygen atoms in total. The van der Waals surface area contributed by atoms with Crippen LogP contribution in [0.1, 0.15) is 36.5 Å². The summed E-state index contributed by atoms with van der Waals surface area (Å²) in [5, 5.41) is 8.60. The molecule has 6 heteroatoms. The Morgan fingerprint density at radius 3 is 2.13 bits per heavy atom. The van der Waals surface area contributed by atoms with Crippen LogP contribution in [0.2, 0.25) is 0 Å². The minimum Gasteiger partial charge on any atom is -0.481 e. The fourth-order valence-electron chi connectivity index (χ4n) is 2.67. The predicted molar refractivity (Wildman–Crippen MR) is 86.7 cm³/mol. The number of ketones is 1. The molecule has 1 amide bonds. The highest BCUT2D eigenvalue weighted by atomic mass is 16.4. The summed E-state index contributed by atoms with van der Waals surface area (Å²) in [6.45, 7) is 4.30. The Balaban J connectivity index is 1.82. The zero-order valence-electron chi connectivity index (χ0n) is 13.3. The van der Waals surface area contributed by atoms with Crippen molar-refractivity contribution in [2.24, 2.45) is 0 Å². The topological polar surface area (TPSA) is 77.9 Å². The average Bonchev–Trinajstić information content (AvgIpc) is 2.54. The number of Topliss-reactive ketones (excluding diaryl/α,β-unsaturated/α-hetero) is 1. The maximum Gasteiger partial charge on any atom is 0.303 e. The number of piperazine rings is 1. The zero-order chi connectivity index (χ0) is 16.8. The van der Waals surface area contributed by atoms with Crippen molar-refractivity contribution in [1.82, 2.24) is 4.90 Å². The molecular formula is C17H22N2O4. The molecule has 0 aliphatic carbocycles. The molecule has 124 valence electrons. The van der Waals surface area contributed by atoms with E-state index >= 15 is 0 Å². The molecule has 1 aromatic carbocycles. The summed E-state index contributed by atoms with van der Waals surface area (Å²) in [5.74, 6) is -0.789. The number of amides is 1. The summed E-state index contributed by atoms with van der Waals surface area (Å²) in [4.78, 5) is 37.8. The molecule has 0 spiro atoms. The van der Waals surface area contributed by atoms with Gasteiger partial charge >= 0.3 is 5.97 Å². The van der Waals surface area contributed by atoms with E-state index in [2.05, 4.69) is 4.90 Å². The molecule has 1 N–H and O–H groups in total. The van der Waals surface area contributed by atoms with Crippen LogP contribution < -0.4 is 4.90 Å². The minimum atomic E-state index is -0.864. The third-order valence-corrected chi connectivity index (χ3v) is 4.05. The second kappa shape index (κ2) is 7.76. The van der Waals surface area contributed by atoms with Crippen molar-refractivity contribution in [2.75, 3.05) is 31.1 Å². The summed E-state index contributed by atoms with van der Waals surface area (Å²) in [5.41, 5.74) is 1.74. The third kappa shape index (κ3) is 4.81. The normalized spacial score (nSPS) is 14.7. The summed E-state index contributed by atoms with van der Waals surface area (Å²) >= 11 is 0. The highest BCUT2D eigenvalue weighted by Crippen LogP contribution is 2.18. The lowest BCUT2D eigenvalue weighted by Gasteiger charge is -2.36. The average molecular weight is 318 g/mol. The van der Waals surface area contributed by atoms with Gasteiger partial charge in [0.2, 0.25) is 5.91 Å². The lowest BCUT2D eigenvalue weighted by Crippen LogP contribution is -2.48. The number of nitrogens with zero attached hydrogens (tertiary/aromatic N) is 2. The van der Waals surface area contributed by atoms with Crippen molar-refractivity contribution in [2.45, 2.75) is 26.2 Å². The van der Waals surface area contributed by atoms with Crippen LogP contribution in [0.5, 0.6) is 0 Å². The molecule has 0 radical (unpaired) electrons. The predicted octanol–water partition coefficient (Wildman–Crippen LogP) is 1.79. The first kappa shape index (κ1) is 17.0. The standard InChI is InChI=1S/C17H22N2O4/c1-13(20)14-5-7-15(8-6-14)18-9-11-19(12-10-18)16(21)3-2-4-17(22)23/h5-8H,2-4,9-12H2,1H3,(H,22,23). The van der Waals surface area contributed by atoms with Gasteiger partial charge in [-0.05, 0) is 37.6 Å². The summed E-state index contributed by atoms with van der Waals surface area (Å²) in [6.07, 6.45) is 0.717. The van der Waals surface area contributed by atoms with Crippen LogP contribution in [-0.4, -0.2) is 53.8 Å². The smallest absolute Gasteiger partial charge is 0.303 e. The number of anilines is 1. The Hall–Kier alpha value is -2.37. The van der Waals surface area contributed by atoms with Gasteiger partial charge < -0.3 is 14.9 Å². The number of aliphatic carboxylic acids is 1. The van der Waals surface area contributed by atoms with Crippen LogP contribution in [0.4, 0.5) is 5.69 Å². The molecule has 0 aromatic heterocycles. The fraction of sp³-hybridized carbons (Fsp3) is 0.471. The van der Waals surface area contributed by atoms with Crippen molar-refractivity contribution < 1.29 is 19.5 Å². The molecule has 0 atom stereocenters. The number of carbonyl (C=O) groups excluding carboxylic acids is 2. The van der Waals surface area contributed by atoms with Gasteiger partial charge in [0.1, 0.15) is 0 Å². The van der Waals surface area contributed by atoms with Gasteiger partial charge in [0, 0.05) is 50.3 Å². The van der Waals surface area contributed by atoms with Crippen LogP contribution >= 0.6 is 0 Å². The summed E-state index contributed by atoms with van der Waals surface area (Å²) < 4.78 is 0. The number of benzene rings is 1. The molecule has 0 unspecified atom stereocenters. The second-order valence-electron chi connectivity index (χ2n) is 5.72. The Labute approximate surface area is 135 Å². The first-order valence-corrected chi connectivity index (χ1v) is 7.83. The van der Waals surface area contributed by atoms with Crippen molar-refractivity contribution in [1.29, 1.82) is 0 Å². The highest BCUT2D eigenvalue weighted by Gasteiger charge is 2.21. The lowest BCUT2D eigenvalue weighted by molar-refractivity contribution is -0.137. The summed E-state index contributed by atoms with van der Waals surface area (Å²) in [6, 6.07) is 7.50. The van der Waals surface area contributed by atoms with E-state index < -0.39 is 5.97 Å². The maximum absolute atomic E-state index is 12.0. The van der Waals surface area contributed by atoms with Crippen molar-refractivity contribution >= 4 is 23.3 Å². The number of hydrogen-bond acceptors (Lipinski definition) is 4. The zero-order valence-corrected chi connectivity index (χ0v) is 13.3. The monoisotopic (exact) mass is 318 g/mol. The van der Waals surface area contributed by atoms with Crippen molar-refractivity contribution in [3.63, 3.8) is 0 Å². The Bertz CT molecular complexity index is 575. The van der Waals surface area contributed by atoms with Crippen molar-refractivity contribution in [3.8, 4) is 0 Å². The van der Waals surface area contributed by atoms with Gasteiger partial charge in [0.05, 0.1) is 0 Å². The molecule has 1 aliphatic heterocycles. The van der Waals surface area contributed by atoms with Gasteiger partial charge in [-0.25, -0.2) is 0 Å². The molecular weight excluding hydrogens is 296 g/mol. The van der Waals surface area contributed by atoms with Gasteiger partial charge in [0.15, 0.2) is 5.78 Å². The van der Waals surface area contributed by atoms with Gasteiger partial charge in [-0.2, -0.15) is 0 Å². The number of rotatable bonds is 6. The first-order valence-electron chi connectivity index (χ1n) is 7.83. The minimum absolute atomic E-state index is 0.0258. The molecule has 23 heavy (non-hydrogen) atoms. The Kier molecular flexibility index (Phi) is 5.73. The van der Waals surface area contributed by atoms with Crippen molar-refractivity contribution in [3.05, 3.63) is 29.8 Å². The molecule has 1 aliphatic rings. The van der Waals surface area contributed by atoms with Crippen LogP contribution in [0.3, 0.4) is 0 Å². The molecule has 1 saturated heterocycles. The first-order chi connectivity index (χ1) is 11.0. The van der Waals surface area contributed by atoms with Gasteiger partial charge in [-0.1, -0.05) is 0 Å². The van der Waals surface area contributed by atoms with E-state index in [0.29, 0.717) is 31.5 Å². The summed E-state index contributed by atoms with van der Waals surface area (Å²) in [7, 11) is 0. The number of carboxylic acids is 1. The molecule has 0 saturated carbocycles. The van der Waals surface area contributed by atoms with E-state index in [4.69, 9.17) is 5.11 Å². The van der Waals surface area contributed by atoms with Gasteiger partial charge in [0.25, 0.3) is 0 Å². The molecule has 1 heterocycles.